The number of carbonyl (C=O) groups excluding carboxylic acids is 2. The third-order valence-corrected chi connectivity index (χ3v) is 6.04. The number of fused-ring (bicyclic) bond motifs is 1. The molecule has 3 fully saturated rings. The van der Waals surface area contributed by atoms with E-state index in [1.54, 1.807) is 18.7 Å². The van der Waals surface area contributed by atoms with Gasteiger partial charge in [0.15, 0.2) is 0 Å². The Hall–Kier alpha value is -1.93. The van der Waals surface area contributed by atoms with E-state index in [-0.39, 0.29) is 29.9 Å². The fraction of sp³-hybridized carbons (Fsp3) is 0.737. The summed E-state index contributed by atoms with van der Waals surface area (Å²) >= 11 is 0. The van der Waals surface area contributed by atoms with Crippen molar-refractivity contribution in [3.8, 4) is 0 Å². The highest BCUT2D eigenvalue weighted by atomic mass is 16.5. The number of nitrogens with one attached hydrogen (secondary N) is 1. The van der Waals surface area contributed by atoms with E-state index >= 15 is 0 Å². The molecule has 0 aliphatic carbocycles. The van der Waals surface area contributed by atoms with Crippen LogP contribution in [0.25, 0.3) is 0 Å². The number of aromatic nitrogens is 1. The zero-order chi connectivity index (χ0) is 19.0. The minimum atomic E-state index is -0.332. The summed E-state index contributed by atoms with van der Waals surface area (Å²) in [6.45, 7) is 6.63. The number of aryl methyl sites for hydroxylation is 2. The second-order valence-corrected chi connectivity index (χ2v) is 7.76. The Morgan fingerprint density at radius 3 is 2.67 bits per heavy atom. The number of hydrogen-bond acceptors (Lipinski definition) is 6. The summed E-state index contributed by atoms with van der Waals surface area (Å²) in [5.74, 6) is 0.505. The van der Waals surface area contributed by atoms with Crippen LogP contribution in [0.15, 0.2) is 4.52 Å². The molecule has 4 rings (SSSR count). The molecule has 0 unspecified atom stereocenters. The highest BCUT2D eigenvalue weighted by molar-refractivity contribution is 5.97. The smallest absolute Gasteiger partial charge is 0.259 e. The Kier molecular flexibility index (Phi) is 5.19. The maximum Gasteiger partial charge on any atom is 0.259 e. The largest absolute Gasteiger partial charge is 0.381 e. The average molecular weight is 377 g/mol. The standard InChI is InChI=1S/C19H27N3O5/c1-11-16(12(2)27-21-11)19(24)22-10-14(17-15(22)5-8-26-17)18(23)20-9-13-3-6-25-7-4-13/h13-15,17H,3-10H2,1-2H3,(H,20,23)/t14-,15+,17-/m0/s1. The molecule has 1 aromatic rings. The normalized spacial score (nSPS) is 28.4. The minimum Gasteiger partial charge on any atom is -0.381 e. The number of likely N-dealkylation sites (tertiary alicyclic amines) is 1. The maximum absolute atomic E-state index is 13.1. The first-order valence-electron chi connectivity index (χ1n) is 9.77. The molecule has 8 heteroatoms. The van der Waals surface area contributed by atoms with Gasteiger partial charge < -0.3 is 24.2 Å². The van der Waals surface area contributed by atoms with Crippen molar-refractivity contribution in [2.24, 2.45) is 11.8 Å². The predicted molar refractivity (Wildman–Crippen MR) is 95.2 cm³/mol. The quantitative estimate of drug-likeness (QED) is 0.843. The number of hydrogen-bond donors (Lipinski definition) is 1. The molecule has 3 aliphatic rings. The molecular weight excluding hydrogens is 350 g/mol. The number of amides is 2. The summed E-state index contributed by atoms with van der Waals surface area (Å²) in [5.41, 5.74) is 1.09. The Labute approximate surface area is 158 Å². The molecule has 0 saturated carbocycles. The minimum absolute atomic E-state index is 0.0209. The monoisotopic (exact) mass is 377 g/mol. The number of ether oxygens (including phenoxy) is 2. The van der Waals surface area contributed by atoms with Gasteiger partial charge in [0.05, 0.1) is 23.8 Å². The van der Waals surface area contributed by atoms with Gasteiger partial charge in [-0.05, 0) is 39.0 Å². The second-order valence-electron chi connectivity index (χ2n) is 7.76. The van der Waals surface area contributed by atoms with E-state index in [1.165, 1.54) is 0 Å². The Balaban J connectivity index is 1.44. The van der Waals surface area contributed by atoms with Crippen LogP contribution in [0.5, 0.6) is 0 Å². The zero-order valence-corrected chi connectivity index (χ0v) is 15.9. The molecule has 1 aromatic heterocycles. The highest BCUT2D eigenvalue weighted by Gasteiger charge is 2.51. The molecule has 8 nitrogen and oxygen atoms in total. The fourth-order valence-corrected chi connectivity index (χ4v) is 4.49. The molecule has 0 bridgehead atoms. The van der Waals surface area contributed by atoms with Crippen LogP contribution in [-0.2, 0) is 14.3 Å². The lowest BCUT2D eigenvalue weighted by atomic mass is 9.98. The Morgan fingerprint density at radius 2 is 1.96 bits per heavy atom. The molecule has 2 amide bonds. The molecular formula is C19H27N3O5. The van der Waals surface area contributed by atoms with Gasteiger partial charge in [-0.15, -0.1) is 0 Å². The van der Waals surface area contributed by atoms with Crippen molar-refractivity contribution >= 4 is 11.8 Å². The van der Waals surface area contributed by atoms with E-state index in [0.29, 0.717) is 42.6 Å². The summed E-state index contributed by atoms with van der Waals surface area (Å²) < 4.78 is 16.4. The number of nitrogens with zero attached hydrogens (tertiary/aromatic N) is 2. The van der Waals surface area contributed by atoms with Gasteiger partial charge in [0, 0.05) is 32.9 Å². The molecule has 4 heterocycles. The van der Waals surface area contributed by atoms with Gasteiger partial charge in [-0.25, -0.2) is 0 Å². The van der Waals surface area contributed by atoms with Crippen molar-refractivity contribution < 1.29 is 23.6 Å². The van der Waals surface area contributed by atoms with Crippen LogP contribution in [0.4, 0.5) is 0 Å². The number of carbonyl (C=O) groups is 2. The van der Waals surface area contributed by atoms with Crippen molar-refractivity contribution in [3.05, 3.63) is 17.0 Å². The first-order chi connectivity index (χ1) is 13.1. The third kappa shape index (κ3) is 3.48. The lowest BCUT2D eigenvalue weighted by Crippen LogP contribution is -2.40. The van der Waals surface area contributed by atoms with E-state index in [9.17, 15) is 9.59 Å². The average Bonchev–Trinajstić information content (AvgIpc) is 3.36. The summed E-state index contributed by atoms with van der Waals surface area (Å²) in [6.07, 6.45) is 2.47. The van der Waals surface area contributed by atoms with Crippen molar-refractivity contribution in [2.75, 3.05) is 32.9 Å². The SMILES string of the molecule is Cc1noc(C)c1C(=O)N1C[C@H](C(=O)NCC2CCOCC2)[C@@H]2OCC[C@H]21. The molecule has 3 saturated heterocycles. The van der Waals surface area contributed by atoms with Gasteiger partial charge in [0.1, 0.15) is 11.3 Å². The van der Waals surface area contributed by atoms with Crippen molar-refractivity contribution in [1.82, 2.24) is 15.4 Å². The van der Waals surface area contributed by atoms with Crippen LogP contribution < -0.4 is 5.32 Å². The van der Waals surface area contributed by atoms with Crippen molar-refractivity contribution in [1.29, 1.82) is 0 Å². The van der Waals surface area contributed by atoms with Gasteiger partial charge in [-0.1, -0.05) is 5.16 Å². The van der Waals surface area contributed by atoms with E-state index in [0.717, 1.165) is 32.5 Å². The van der Waals surface area contributed by atoms with Gasteiger partial charge in [0.2, 0.25) is 5.91 Å². The summed E-state index contributed by atoms with van der Waals surface area (Å²) in [5, 5.41) is 6.97. The van der Waals surface area contributed by atoms with Crippen molar-refractivity contribution in [2.45, 2.75) is 45.3 Å². The second kappa shape index (κ2) is 7.59. The van der Waals surface area contributed by atoms with E-state index in [4.69, 9.17) is 14.0 Å². The summed E-state index contributed by atoms with van der Waals surface area (Å²) in [6, 6.07) is -0.0648. The van der Waals surface area contributed by atoms with E-state index in [1.807, 2.05) is 0 Å². The van der Waals surface area contributed by atoms with Crippen LogP contribution in [0, 0.1) is 25.7 Å². The molecule has 0 spiro atoms. The molecule has 148 valence electrons. The maximum atomic E-state index is 13.1. The van der Waals surface area contributed by atoms with Gasteiger partial charge in [-0.2, -0.15) is 0 Å². The molecule has 3 atom stereocenters. The first-order valence-corrected chi connectivity index (χ1v) is 9.77. The third-order valence-electron chi connectivity index (χ3n) is 6.04. The van der Waals surface area contributed by atoms with Gasteiger partial charge >= 0.3 is 0 Å². The van der Waals surface area contributed by atoms with Crippen LogP contribution in [0.3, 0.4) is 0 Å². The molecule has 0 radical (unpaired) electrons. The summed E-state index contributed by atoms with van der Waals surface area (Å²) in [7, 11) is 0. The topological polar surface area (TPSA) is 93.9 Å². The number of rotatable bonds is 4. The predicted octanol–water partition coefficient (Wildman–Crippen LogP) is 1.06. The lowest BCUT2D eigenvalue weighted by Gasteiger charge is -2.23. The first kappa shape index (κ1) is 18.4. The van der Waals surface area contributed by atoms with E-state index < -0.39 is 0 Å². The Bertz CT molecular complexity index is 693. The van der Waals surface area contributed by atoms with Crippen LogP contribution in [-0.4, -0.2) is 66.9 Å². The van der Waals surface area contributed by atoms with E-state index in [2.05, 4.69) is 10.5 Å². The van der Waals surface area contributed by atoms with Crippen LogP contribution in [0.2, 0.25) is 0 Å². The molecule has 0 aromatic carbocycles. The molecule has 27 heavy (non-hydrogen) atoms. The summed E-state index contributed by atoms with van der Waals surface area (Å²) in [4.78, 5) is 27.7. The zero-order valence-electron chi connectivity index (χ0n) is 15.9. The molecule has 1 N–H and O–H groups in total. The fourth-order valence-electron chi connectivity index (χ4n) is 4.49. The van der Waals surface area contributed by atoms with Crippen molar-refractivity contribution in [3.63, 3.8) is 0 Å². The Morgan fingerprint density at radius 1 is 1.19 bits per heavy atom. The highest BCUT2D eigenvalue weighted by Crippen LogP contribution is 2.35. The van der Waals surface area contributed by atoms with Gasteiger partial charge in [0.25, 0.3) is 5.91 Å². The lowest BCUT2D eigenvalue weighted by molar-refractivity contribution is -0.128. The van der Waals surface area contributed by atoms with Crippen LogP contribution in [0.1, 0.15) is 41.1 Å². The molecule has 3 aliphatic heterocycles. The van der Waals surface area contributed by atoms with Crippen LogP contribution >= 0.6 is 0 Å². The van der Waals surface area contributed by atoms with Gasteiger partial charge in [-0.3, -0.25) is 9.59 Å².